The summed E-state index contributed by atoms with van der Waals surface area (Å²) in [5.41, 5.74) is 1.22. The Morgan fingerprint density at radius 3 is 2.27 bits per heavy atom. The maximum absolute atomic E-state index is 5.64. The average molecular weight is 278 g/mol. The standard InChI is InChI=1S/C11H7Cl3S/c1-8-2-4-9(5-3-8)15-7-6-10(12)11(13)14/h2-5H,1H3. The number of allylic oxidation sites excluding steroid dienone is 1. The lowest BCUT2D eigenvalue weighted by atomic mass is 10.2. The molecule has 0 fully saturated rings. The Morgan fingerprint density at radius 1 is 1.13 bits per heavy atom. The van der Waals surface area contributed by atoms with Gasteiger partial charge in [-0.1, -0.05) is 52.5 Å². The van der Waals surface area contributed by atoms with Crippen LogP contribution in [0.5, 0.6) is 0 Å². The molecule has 0 bridgehead atoms. The highest BCUT2D eigenvalue weighted by atomic mass is 35.5. The van der Waals surface area contributed by atoms with Crippen molar-refractivity contribution in [2.24, 2.45) is 0 Å². The van der Waals surface area contributed by atoms with Crippen molar-refractivity contribution >= 4 is 46.6 Å². The van der Waals surface area contributed by atoms with Gasteiger partial charge in [-0.15, -0.1) is 0 Å². The molecule has 0 unspecified atom stereocenters. The molecule has 0 aliphatic heterocycles. The molecule has 0 aliphatic carbocycles. The summed E-state index contributed by atoms with van der Waals surface area (Å²) in [6.07, 6.45) is 0. The van der Waals surface area contributed by atoms with Crippen LogP contribution in [-0.2, 0) is 0 Å². The predicted octanol–water partition coefficient (Wildman–Crippen LogP) is 4.93. The highest BCUT2D eigenvalue weighted by Gasteiger charge is 1.93. The molecule has 1 aromatic carbocycles. The first kappa shape index (κ1) is 12.8. The molecule has 1 rings (SSSR count). The number of hydrogen-bond acceptors (Lipinski definition) is 1. The van der Waals surface area contributed by atoms with Gasteiger partial charge in [0.25, 0.3) is 0 Å². The Kier molecular flexibility index (Phi) is 5.42. The van der Waals surface area contributed by atoms with Crippen LogP contribution in [0.4, 0.5) is 0 Å². The van der Waals surface area contributed by atoms with Gasteiger partial charge >= 0.3 is 0 Å². The first-order valence-electron chi connectivity index (χ1n) is 4.05. The Balaban J connectivity index is 2.65. The SMILES string of the molecule is Cc1ccc(SC#CC(Cl)=C(Cl)Cl)cc1. The largest absolute Gasteiger partial charge is 0.133 e. The van der Waals surface area contributed by atoms with Crippen LogP contribution in [0, 0.1) is 18.1 Å². The minimum atomic E-state index is -0.00586. The van der Waals surface area contributed by atoms with E-state index in [1.807, 2.05) is 31.2 Å². The molecule has 78 valence electrons. The minimum absolute atomic E-state index is 0.00586. The van der Waals surface area contributed by atoms with Gasteiger partial charge in [-0.05, 0) is 42.0 Å². The molecular formula is C11H7Cl3S. The molecule has 0 saturated carbocycles. The molecule has 0 radical (unpaired) electrons. The quantitative estimate of drug-likeness (QED) is 0.518. The average Bonchev–Trinajstić information content (AvgIpc) is 2.20. The van der Waals surface area contributed by atoms with E-state index in [9.17, 15) is 0 Å². The third-order valence-corrected chi connectivity index (χ3v) is 3.08. The zero-order valence-corrected chi connectivity index (χ0v) is 10.9. The lowest BCUT2D eigenvalue weighted by molar-refractivity contribution is 1.38. The van der Waals surface area contributed by atoms with Gasteiger partial charge in [-0.25, -0.2) is 0 Å². The number of hydrogen-bond donors (Lipinski definition) is 0. The maximum Gasteiger partial charge on any atom is 0.133 e. The lowest BCUT2D eigenvalue weighted by Crippen LogP contribution is -1.71. The highest BCUT2D eigenvalue weighted by Crippen LogP contribution is 2.19. The normalized spacial score (nSPS) is 9.07. The number of halogens is 3. The Morgan fingerprint density at radius 2 is 1.73 bits per heavy atom. The molecule has 0 saturated heterocycles. The van der Waals surface area contributed by atoms with Crippen LogP contribution in [0.15, 0.2) is 38.7 Å². The number of aryl methyl sites for hydroxylation is 1. The third kappa shape index (κ3) is 4.86. The summed E-state index contributed by atoms with van der Waals surface area (Å²) < 4.78 is -0.00586. The molecule has 0 nitrogen and oxygen atoms in total. The van der Waals surface area contributed by atoms with E-state index in [0.29, 0.717) is 0 Å². The lowest BCUT2D eigenvalue weighted by Gasteiger charge is -1.94. The van der Waals surface area contributed by atoms with Crippen molar-refractivity contribution in [1.82, 2.24) is 0 Å². The van der Waals surface area contributed by atoms with Crippen LogP contribution in [0.3, 0.4) is 0 Å². The van der Waals surface area contributed by atoms with Crippen molar-refractivity contribution in [3.8, 4) is 11.2 Å². The van der Waals surface area contributed by atoms with E-state index in [4.69, 9.17) is 34.8 Å². The predicted molar refractivity (Wildman–Crippen MR) is 69.4 cm³/mol. The van der Waals surface area contributed by atoms with Gasteiger partial charge < -0.3 is 0 Å². The van der Waals surface area contributed by atoms with E-state index in [2.05, 4.69) is 11.2 Å². The molecule has 1 aromatic rings. The van der Waals surface area contributed by atoms with E-state index in [1.165, 1.54) is 17.3 Å². The topological polar surface area (TPSA) is 0 Å². The fourth-order valence-corrected chi connectivity index (χ4v) is 1.52. The minimum Gasteiger partial charge on any atom is -0.0717 e. The van der Waals surface area contributed by atoms with Gasteiger partial charge in [-0.2, -0.15) is 0 Å². The summed E-state index contributed by atoms with van der Waals surface area (Å²) in [5.74, 6) is 2.64. The molecule has 0 aromatic heterocycles. The van der Waals surface area contributed by atoms with Gasteiger partial charge in [0.2, 0.25) is 0 Å². The van der Waals surface area contributed by atoms with Crippen molar-refractivity contribution in [2.45, 2.75) is 11.8 Å². The summed E-state index contributed by atoms with van der Waals surface area (Å²) in [6, 6.07) is 8.04. The van der Waals surface area contributed by atoms with Crippen LogP contribution in [0.25, 0.3) is 0 Å². The molecule has 4 heteroatoms. The molecule has 15 heavy (non-hydrogen) atoms. The van der Waals surface area contributed by atoms with E-state index in [-0.39, 0.29) is 9.52 Å². The van der Waals surface area contributed by atoms with Crippen molar-refractivity contribution in [2.75, 3.05) is 0 Å². The molecule has 0 N–H and O–H groups in total. The van der Waals surface area contributed by atoms with Crippen LogP contribution < -0.4 is 0 Å². The second-order valence-corrected chi connectivity index (χ2v) is 4.92. The summed E-state index contributed by atoms with van der Waals surface area (Å²) in [6.45, 7) is 2.03. The van der Waals surface area contributed by atoms with E-state index >= 15 is 0 Å². The Bertz CT molecular complexity index is 419. The van der Waals surface area contributed by atoms with Crippen LogP contribution >= 0.6 is 46.6 Å². The van der Waals surface area contributed by atoms with Gasteiger partial charge in [0, 0.05) is 4.90 Å². The number of benzene rings is 1. The molecule has 0 heterocycles. The Hall–Kier alpha value is -0.260. The van der Waals surface area contributed by atoms with Crippen molar-refractivity contribution < 1.29 is 0 Å². The summed E-state index contributed by atoms with van der Waals surface area (Å²) >= 11 is 17.9. The van der Waals surface area contributed by atoms with Crippen LogP contribution in [0.2, 0.25) is 0 Å². The molecular weight excluding hydrogens is 271 g/mol. The van der Waals surface area contributed by atoms with Crippen LogP contribution in [0.1, 0.15) is 5.56 Å². The van der Waals surface area contributed by atoms with Gasteiger partial charge in [0.15, 0.2) is 0 Å². The van der Waals surface area contributed by atoms with E-state index < -0.39 is 0 Å². The third-order valence-electron chi connectivity index (χ3n) is 1.52. The van der Waals surface area contributed by atoms with Gasteiger partial charge in [0.1, 0.15) is 9.52 Å². The smallest absolute Gasteiger partial charge is 0.0717 e. The van der Waals surface area contributed by atoms with Gasteiger partial charge in [0.05, 0.1) is 0 Å². The zero-order chi connectivity index (χ0) is 11.3. The summed E-state index contributed by atoms with van der Waals surface area (Å²) in [5, 5.41) is 2.97. The first-order chi connectivity index (χ1) is 7.09. The second-order valence-electron chi connectivity index (χ2n) is 2.72. The Labute approximate surface area is 109 Å². The van der Waals surface area contributed by atoms with Crippen molar-refractivity contribution in [3.63, 3.8) is 0 Å². The molecule has 0 atom stereocenters. The van der Waals surface area contributed by atoms with Crippen LogP contribution in [-0.4, -0.2) is 0 Å². The van der Waals surface area contributed by atoms with Gasteiger partial charge in [-0.3, -0.25) is 0 Å². The number of rotatable bonds is 1. The highest BCUT2D eigenvalue weighted by molar-refractivity contribution is 8.04. The summed E-state index contributed by atoms with van der Waals surface area (Å²) in [4.78, 5) is 1.06. The maximum atomic E-state index is 5.64. The first-order valence-corrected chi connectivity index (χ1v) is 6.00. The van der Waals surface area contributed by atoms with E-state index in [0.717, 1.165) is 4.90 Å². The monoisotopic (exact) mass is 276 g/mol. The zero-order valence-electron chi connectivity index (χ0n) is 7.85. The molecule has 0 spiro atoms. The van der Waals surface area contributed by atoms with Crippen molar-refractivity contribution in [1.29, 1.82) is 0 Å². The molecule has 0 aliphatic rings. The second kappa shape index (κ2) is 6.35. The fourth-order valence-electron chi connectivity index (χ4n) is 0.783. The van der Waals surface area contributed by atoms with E-state index in [1.54, 1.807) is 0 Å². The van der Waals surface area contributed by atoms with Crippen molar-refractivity contribution in [3.05, 3.63) is 39.4 Å². The fraction of sp³-hybridized carbons (Fsp3) is 0.0909. The number of thioether (sulfide) groups is 1. The molecule has 0 amide bonds. The summed E-state index contributed by atoms with van der Waals surface area (Å²) in [7, 11) is 0.